The van der Waals surface area contributed by atoms with Gasteiger partial charge in [-0.3, -0.25) is 4.90 Å². The van der Waals surface area contributed by atoms with Gasteiger partial charge < -0.3 is 10.6 Å². The van der Waals surface area contributed by atoms with E-state index in [1.54, 1.807) is 0 Å². The van der Waals surface area contributed by atoms with Gasteiger partial charge in [-0.25, -0.2) is 0 Å². The van der Waals surface area contributed by atoms with Crippen LogP contribution in [0.25, 0.3) is 0 Å². The minimum atomic E-state index is 0.625. The van der Waals surface area contributed by atoms with Crippen molar-refractivity contribution in [1.82, 2.24) is 4.90 Å². The number of benzene rings is 1. The van der Waals surface area contributed by atoms with Gasteiger partial charge in [-0.1, -0.05) is 12.1 Å². The second-order valence-corrected chi connectivity index (χ2v) is 4.99. The van der Waals surface area contributed by atoms with Crippen molar-refractivity contribution in [2.24, 2.45) is 5.73 Å². The van der Waals surface area contributed by atoms with E-state index >= 15 is 0 Å². The molecule has 0 unspecified atom stereocenters. The molecule has 2 N–H and O–H groups in total. The fraction of sp³-hybridized carbons (Fsp3) is 0.571. The molecule has 1 aromatic rings. The summed E-state index contributed by atoms with van der Waals surface area (Å²) in [4.78, 5) is 4.99. The number of anilines is 1. The maximum atomic E-state index is 5.68. The van der Waals surface area contributed by atoms with Crippen LogP contribution < -0.4 is 10.6 Å². The van der Waals surface area contributed by atoms with Crippen molar-refractivity contribution in [1.29, 1.82) is 0 Å². The van der Waals surface area contributed by atoms with Crippen LogP contribution in [-0.4, -0.2) is 37.1 Å². The first-order chi connectivity index (χ1) is 8.20. The minimum absolute atomic E-state index is 0.625. The molecule has 2 rings (SSSR count). The van der Waals surface area contributed by atoms with Gasteiger partial charge in [0, 0.05) is 44.5 Å². The summed E-state index contributed by atoms with van der Waals surface area (Å²) in [7, 11) is 0. The molecule has 94 valence electrons. The Morgan fingerprint density at radius 2 is 1.88 bits per heavy atom. The molecule has 1 saturated heterocycles. The topological polar surface area (TPSA) is 32.5 Å². The van der Waals surface area contributed by atoms with Crippen molar-refractivity contribution in [3.05, 3.63) is 29.8 Å². The quantitative estimate of drug-likeness (QED) is 0.862. The Bertz CT molecular complexity index is 354. The number of nitrogens with two attached hydrogens (primary N) is 1. The molecule has 1 fully saturated rings. The van der Waals surface area contributed by atoms with E-state index in [-0.39, 0.29) is 0 Å². The molecule has 1 aromatic carbocycles. The van der Waals surface area contributed by atoms with E-state index in [4.69, 9.17) is 5.73 Å². The van der Waals surface area contributed by atoms with E-state index in [0.717, 1.165) is 26.2 Å². The first-order valence-electron chi connectivity index (χ1n) is 6.48. The third kappa shape index (κ3) is 2.99. The molecule has 17 heavy (non-hydrogen) atoms. The Morgan fingerprint density at radius 3 is 2.47 bits per heavy atom. The number of hydrogen-bond donors (Lipinski definition) is 1. The molecule has 0 amide bonds. The van der Waals surface area contributed by atoms with Gasteiger partial charge in [-0.2, -0.15) is 0 Å². The zero-order valence-corrected chi connectivity index (χ0v) is 10.9. The lowest BCUT2D eigenvalue weighted by Crippen LogP contribution is -2.48. The smallest absolute Gasteiger partial charge is 0.0370 e. The molecule has 0 aliphatic carbocycles. The fourth-order valence-corrected chi connectivity index (χ4v) is 2.38. The Hall–Kier alpha value is -1.06. The van der Waals surface area contributed by atoms with Gasteiger partial charge in [0.05, 0.1) is 0 Å². The van der Waals surface area contributed by atoms with Crippen LogP contribution in [0.2, 0.25) is 0 Å². The normalized spacial score (nSPS) is 17.8. The molecule has 0 spiro atoms. The SMILES string of the molecule is CC(C)N1CCN(c2cccc(CN)c2)CC1. The van der Waals surface area contributed by atoms with Crippen molar-refractivity contribution in [3.63, 3.8) is 0 Å². The van der Waals surface area contributed by atoms with Crippen molar-refractivity contribution in [3.8, 4) is 0 Å². The van der Waals surface area contributed by atoms with Crippen molar-refractivity contribution in [2.45, 2.75) is 26.4 Å². The van der Waals surface area contributed by atoms with Gasteiger partial charge in [0.2, 0.25) is 0 Å². The summed E-state index contributed by atoms with van der Waals surface area (Å²) in [5, 5.41) is 0. The summed E-state index contributed by atoms with van der Waals surface area (Å²) in [5.41, 5.74) is 8.22. The highest BCUT2D eigenvalue weighted by atomic mass is 15.3. The average Bonchev–Trinajstić information content (AvgIpc) is 2.39. The molecule has 3 nitrogen and oxygen atoms in total. The highest BCUT2D eigenvalue weighted by molar-refractivity contribution is 5.49. The van der Waals surface area contributed by atoms with Crippen molar-refractivity contribution < 1.29 is 0 Å². The molecular weight excluding hydrogens is 210 g/mol. The molecule has 0 bridgehead atoms. The highest BCUT2D eigenvalue weighted by Gasteiger charge is 2.18. The van der Waals surface area contributed by atoms with Gasteiger partial charge in [-0.15, -0.1) is 0 Å². The average molecular weight is 233 g/mol. The van der Waals surface area contributed by atoms with Gasteiger partial charge >= 0.3 is 0 Å². The van der Waals surface area contributed by atoms with Crippen LogP contribution in [0.1, 0.15) is 19.4 Å². The molecule has 1 heterocycles. The number of piperazine rings is 1. The summed E-state index contributed by atoms with van der Waals surface area (Å²) in [5.74, 6) is 0. The Morgan fingerprint density at radius 1 is 1.18 bits per heavy atom. The van der Waals surface area contributed by atoms with Crippen LogP contribution in [0.5, 0.6) is 0 Å². The molecule has 0 aromatic heterocycles. The van der Waals surface area contributed by atoms with Crippen molar-refractivity contribution in [2.75, 3.05) is 31.1 Å². The maximum absolute atomic E-state index is 5.68. The van der Waals surface area contributed by atoms with Crippen LogP contribution in [-0.2, 0) is 6.54 Å². The van der Waals surface area contributed by atoms with E-state index in [1.165, 1.54) is 11.3 Å². The molecule has 0 saturated carbocycles. The Labute approximate surface area is 104 Å². The predicted octanol–water partition coefficient (Wildman–Crippen LogP) is 1.68. The fourth-order valence-electron chi connectivity index (χ4n) is 2.38. The number of rotatable bonds is 3. The molecule has 1 aliphatic rings. The number of nitrogens with zero attached hydrogens (tertiary/aromatic N) is 2. The van der Waals surface area contributed by atoms with E-state index < -0.39 is 0 Å². The number of hydrogen-bond acceptors (Lipinski definition) is 3. The summed E-state index contributed by atoms with van der Waals surface area (Å²) < 4.78 is 0. The van der Waals surface area contributed by atoms with Crippen LogP contribution in [0.3, 0.4) is 0 Å². The van der Waals surface area contributed by atoms with E-state index in [9.17, 15) is 0 Å². The predicted molar refractivity (Wildman–Crippen MR) is 73.3 cm³/mol. The summed E-state index contributed by atoms with van der Waals surface area (Å²) in [6, 6.07) is 9.25. The van der Waals surface area contributed by atoms with E-state index in [1.807, 2.05) is 0 Å². The second kappa shape index (κ2) is 5.52. The van der Waals surface area contributed by atoms with Crippen LogP contribution >= 0.6 is 0 Å². The van der Waals surface area contributed by atoms with Gasteiger partial charge in [-0.05, 0) is 31.5 Å². The lowest BCUT2D eigenvalue weighted by Gasteiger charge is -2.38. The van der Waals surface area contributed by atoms with Crippen LogP contribution in [0.15, 0.2) is 24.3 Å². The highest BCUT2D eigenvalue weighted by Crippen LogP contribution is 2.18. The third-order valence-electron chi connectivity index (χ3n) is 3.56. The summed E-state index contributed by atoms with van der Waals surface area (Å²) in [6.45, 7) is 9.71. The van der Waals surface area contributed by atoms with E-state index in [0.29, 0.717) is 12.6 Å². The van der Waals surface area contributed by atoms with Crippen LogP contribution in [0.4, 0.5) is 5.69 Å². The zero-order chi connectivity index (χ0) is 12.3. The minimum Gasteiger partial charge on any atom is -0.369 e. The molecule has 0 atom stereocenters. The first-order valence-corrected chi connectivity index (χ1v) is 6.48. The Balaban J connectivity index is 2.00. The largest absolute Gasteiger partial charge is 0.369 e. The third-order valence-corrected chi connectivity index (χ3v) is 3.56. The van der Waals surface area contributed by atoms with Gasteiger partial charge in [0.15, 0.2) is 0 Å². The van der Waals surface area contributed by atoms with Gasteiger partial charge in [0.1, 0.15) is 0 Å². The molecular formula is C14H23N3. The summed E-state index contributed by atoms with van der Waals surface area (Å²) in [6.07, 6.45) is 0. The standard InChI is InChI=1S/C14H23N3/c1-12(2)16-6-8-17(9-7-16)14-5-3-4-13(10-14)11-15/h3-5,10,12H,6-9,11,15H2,1-2H3. The molecule has 0 radical (unpaired) electrons. The summed E-state index contributed by atoms with van der Waals surface area (Å²) >= 11 is 0. The zero-order valence-electron chi connectivity index (χ0n) is 10.9. The second-order valence-electron chi connectivity index (χ2n) is 4.99. The molecule has 3 heteroatoms. The van der Waals surface area contributed by atoms with Crippen LogP contribution in [0, 0.1) is 0 Å². The molecule has 1 aliphatic heterocycles. The monoisotopic (exact) mass is 233 g/mol. The van der Waals surface area contributed by atoms with Crippen molar-refractivity contribution >= 4 is 5.69 Å². The lowest BCUT2D eigenvalue weighted by atomic mass is 10.1. The van der Waals surface area contributed by atoms with Gasteiger partial charge in [0.25, 0.3) is 0 Å². The van der Waals surface area contributed by atoms with E-state index in [2.05, 4.69) is 47.9 Å². The lowest BCUT2D eigenvalue weighted by molar-refractivity contribution is 0.209. The first kappa shape index (κ1) is 12.4. The maximum Gasteiger partial charge on any atom is 0.0370 e. The Kier molecular flexibility index (Phi) is 4.02.